The molecular weight excluding hydrogens is 350 g/mol. The van der Waals surface area contributed by atoms with E-state index in [4.69, 9.17) is 4.74 Å². The van der Waals surface area contributed by atoms with Crippen LogP contribution in [-0.2, 0) is 10.0 Å². The number of benzene rings is 1. The largest absolute Gasteiger partial charge is 0.488 e. The van der Waals surface area contributed by atoms with Gasteiger partial charge in [-0.05, 0) is 62.4 Å². The second-order valence-electron chi connectivity index (χ2n) is 6.70. The van der Waals surface area contributed by atoms with E-state index in [2.05, 4.69) is 5.32 Å². The molecule has 25 heavy (non-hydrogen) atoms. The maximum atomic E-state index is 12.7. The van der Waals surface area contributed by atoms with Crippen LogP contribution in [0.25, 0.3) is 0 Å². The van der Waals surface area contributed by atoms with Crippen molar-refractivity contribution in [3.05, 3.63) is 24.3 Å². The van der Waals surface area contributed by atoms with Gasteiger partial charge in [0.1, 0.15) is 12.4 Å². The van der Waals surface area contributed by atoms with E-state index in [1.54, 1.807) is 0 Å². The third kappa shape index (κ3) is 5.12. The average Bonchev–Trinajstić information content (AvgIpc) is 3.43. The van der Waals surface area contributed by atoms with Crippen LogP contribution in [0.15, 0.2) is 29.2 Å². The molecule has 5 nitrogen and oxygen atoms in total. The Balaban J connectivity index is 1.54. The van der Waals surface area contributed by atoms with Crippen LogP contribution in [0.4, 0.5) is 8.78 Å². The first-order valence-electron chi connectivity index (χ1n) is 8.69. The normalized spacial score (nSPS) is 20.1. The zero-order chi connectivity index (χ0) is 17.9. The van der Waals surface area contributed by atoms with Crippen molar-refractivity contribution in [3.63, 3.8) is 0 Å². The van der Waals surface area contributed by atoms with Crippen molar-refractivity contribution in [2.75, 3.05) is 26.2 Å². The number of alkyl halides is 2. The van der Waals surface area contributed by atoms with E-state index in [0.717, 1.165) is 25.3 Å². The second kappa shape index (κ2) is 7.97. The molecule has 1 N–H and O–H groups in total. The smallest absolute Gasteiger partial charge is 0.272 e. The van der Waals surface area contributed by atoms with Crippen molar-refractivity contribution >= 4 is 10.0 Å². The lowest BCUT2D eigenvalue weighted by molar-refractivity contribution is 0.0819. The molecule has 140 valence electrons. The highest BCUT2D eigenvalue weighted by molar-refractivity contribution is 7.89. The zero-order valence-electron chi connectivity index (χ0n) is 14.0. The molecule has 0 atom stereocenters. The molecule has 0 bridgehead atoms. The van der Waals surface area contributed by atoms with Gasteiger partial charge in [0.2, 0.25) is 10.0 Å². The molecule has 1 aliphatic heterocycles. The Morgan fingerprint density at radius 2 is 1.76 bits per heavy atom. The summed E-state index contributed by atoms with van der Waals surface area (Å²) in [6, 6.07) is 6.04. The number of halogens is 2. The fourth-order valence-corrected chi connectivity index (χ4v) is 4.44. The van der Waals surface area contributed by atoms with Crippen LogP contribution >= 0.6 is 0 Å². The van der Waals surface area contributed by atoms with E-state index >= 15 is 0 Å². The minimum Gasteiger partial charge on any atom is -0.488 e. The van der Waals surface area contributed by atoms with E-state index in [0.29, 0.717) is 19.1 Å². The van der Waals surface area contributed by atoms with Gasteiger partial charge in [0, 0.05) is 19.1 Å². The van der Waals surface area contributed by atoms with Crippen LogP contribution in [-0.4, -0.2) is 51.4 Å². The van der Waals surface area contributed by atoms with Crippen LogP contribution in [0.2, 0.25) is 0 Å². The number of nitrogens with one attached hydrogen (secondary N) is 1. The summed E-state index contributed by atoms with van der Waals surface area (Å²) in [4.78, 5) is 0.168. The van der Waals surface area contributed by atoms with Gasteiger partial charge in [0.05, 0.1) is 4.90 Å². The maximum Gasteiger partial charge on any atom is 0.272 e. The zero-order valence-corrected chi connectivity index (χ0v) is 14.9. The molecule has 1 aromatic carbocycles. The summed E-state index contributed by atoms with van der Waals surface area (Å²) in [6.45, 7) is 1.33. The number of ether oxygens (including phenoxy) is 1. The fraction of sp³-hybridized carbons (Fsp3) is 0.647. The summed E-state index contributed by atoms with van der Waals surface area (Å²) in [5.41, 5.74) is 0. The van der Waals surface area contributed by atoms with Crippen molar-refractivity contribution in [3.8, 4) is 5.75 Å². The van der Waals surface area contributed by atoms with Crippen molar-refractivity contribution in [2.45, 2.75) is 43.0 Å². The number of rotatable bonds is 8. The molecule has 1 aromatic rings. The minimum atomic E-state index is -3.55. The monoisotopic (exact) mass is 374 g/mol. The van der Waals surface area contributed by atoms with Gasteiger partial charge >= 0.3 is 0 Å². The van der Waals surface area contributed by atoms with Gasteiger partial charge < -0.3 is 10.1 Å². The third-order valence-electron chi connectivity index (χ3n) is 4.68. The molecule has 0 amide bonds. The number of hydrogen-bond acceptors (Lipinski definition) is 4. The average molecular weight is 374 g/mol. The van der Waals surface area contributed by atoms with E-state index in [1.165, 1.54) is 41.4 Å². The minimum absolute atomic E-state index is 0.168. The Kier molecular flexibility index (Phi) is 5.91. The Labute approximate surface area is 147 Å². The summed E-state index contributed by atoms with van der Waals surface area (Å²) in [6.07, 6.45) is 1.66. The number of sulfonamides is 1. The summed E-state index contributed by atoms with van der Waals surface area (Å²) in [5, 5.41) is 3.53. The Morgan fingerprint density at radius 1 is 1.12 bits per heavy atom. The third-order valence-corrected chi connectivity index (χ3v) is 6.60. The van der Waals surface area contributed by atoms with E-state index < -0.39 is 23.1 Å². The molecule has 3 rings (SSSR count). The second-order valence-corrected chi connectivity index (χ2v) is 8.64. The highest BCUT2D eigenvalue weighted by Gasteiger charge is 2.30. The molecule has 1 aliphatic carbocycles. The molecule has 0 unspecified atom stereocenters. The SMILES string of the molecule is O=S(=O)(c1ccc(OCC(F)F)cc1)N1CCC(NCC2CC2)CC1. The van der Waals surface area contributed by atoms with Crippen LogP contribution in [0.5, 0.6) is 5.75 Å². The van der Waals surface area contributed by atoms with Gasteiger partial charge in [0.25, 0.3) is 6.43 Å². The highest BCUT2D eigenvalue weighted by atomic mass is 32.2. The molecule has 0 aromatic heterocycles. The molecule has 8 heteroatoms. The van der Waals surface area contributed by atoms with Gasteiger partial charge in [0.15, 0.2) is 0 Å². The van der Waals surface area contributed by atoms with E-state index in [-0.39, 0.29) is 10.6 Å². The lowest BCUT2D eigenvalue weighted by atomic mass is 10.1. The van der Waals surface area contributed by atoms with Crippen LogP contribution in [0.3, 0.4) is 0 Å². The van der Waals surface area contributed by atoms with Gasteiger partial charge in [-0.2, -0.15) is 4.31 Å². The Hall–Kier alpha value is -1.25. The Morgan fingerprint density at radius 3 is 2.32 bits per heavy atom. The maximum absolute atomic E-state index is 12.7. The first kappa shape index (κ1) is 18.5. The predicted molar refractivity (Wildman–Crippen MR) is 90.4 cm³/mol. The van der Waals surface area contributed by atoms with E-state index in [9.17, 15) is 17.2 Å². The topological polar surface area (TPSA) is 58.6 Å². The first-order chi connectivity index (χ1) is 11.9. The molecule has 0 radical (unpaired) electrons. The highest BCUT2D eigenvalue weighted by Crippen LogP contribution is 2.28. The predicted octanol–water partition coefficient (Wildman–Crippen LogP) is 2.48. The fourth-order valence-electron chi connectivity index (χ4n) is 2.97. The van der Waals surface area contributed by atoms with Gasteiger partial charge in [-0.3, -0.25) is 0 Å². The number of piperidine rings is 1. The molecule has 0 spiro atoms. The molecule has 1 saturated carbocycles. The quantitative estimate of drug-likeness (QED) is 0.760. The lowest BCUT2D eigenvalue weighted by Crippen LogP contribution is -2.45. The van der Waals surface area contributed by atoms with Crippen molar-refractivity contribution in [1.82, 2.24) is 9.62 Å². The van der Waals surface area contributed by atoms with Crippen LogP contribution in [0, 0.1) is 5.92 Å². The van der Waals surface area contributed by atoms with Gasteiger partial charge in [-0.15, -0.1) is 0 Å². The lowest BCUT2D eigenvalue weighted by Gasteiger charge is -2.31. The van der Waals surface area contributed by atoms with Crippen LogP contribution < -0.4 is 10.1 Å². The Bertz CT molecular complexity index is 655. The van der Waals surface area contributed by atoms with E-state index in [1.807, 2.05) is 0 Å². The van der Waals surface area contributed by atoms with Gasteiger partial charge in [-0.25, -0.2) is 17.2 Å². The summed E-state index contributed by atoms with van der Waals surface area (Å²) in [7, 11) is -3.55. The summed E-state index contributed by atoms with van der Waals surface area (Å²) < 4.78 is 56.0. The molecule has 2 aliphatic rings. The molecular formula is C17H24F2N2O3S. The first-order valence-corrected chi connectivity index (χ1v) is 10.1. The standard InChI is InChI=1S/C17H24F2N2O3S/c18-17(19)12-24-15-3-5-16(6-4-15)25(22,23)21-9-7-14(8-10-21)20-11-13-1-2-13/h3-6,13-14,17,20H,1-2,7-12H2. The van der Waals surface area contributed by atoms with Gasteiger partial charge in [-0.1, -0.05) is 0 Å². The molecule has 2 fully saturated rings. The number of nitrogens with zero attached hydrogens (tertiary/aromatic N) is 1. The molecule has 1 heterocycles. The number of hydrogen-bond donors (Lipinski definition) is 1. The molecule has 1 saturated heterocycles. The van der Waals surface area contributed by atoms with Crippen molar-refractivity contribution in [1.29, 1.82) is 0 Å². The van der Waals surface area contributed by atoms with Crippen molar-refractivity contribution < 1.29 is 21.9 Å². The van der Waals surface area contributed by atoms with Crippen LogP contribution in [0.1, 0.15) is 25.7 Å². The summed E-state index contributed by atoms with van der Waals surface area (Å²) >= 11 is 0. The van der Waals surface area contributed by atoms with Crippen molar-refractivity contribution in [2.24, 2.45) is 5.92 Å². The summed E-state index contributed by atoms with van der Waals surface area (Å²) in [5.74, 6) is 1.05.